The fourth-order valence-electron chi connectivity index (χ4n) is 1.44. The number of carbonyl (C=O) groups is 1. The number of nitrogens with two attached hydrogens (primary N) is 1. The van der Waals surface area contributed by atoms with E-state index in [0.717, 1.165) is 5.56 Å². The van der Waals surface area contributed by atoms with E-state index in [0.29, 0.717) is 5.69 Å². The number of amides is 2. The number of rotatable bonds is 2. The summed E-state index contributed by atoms with van der Waals surface area (Å²) in [5.74, 6) is 0. The van der Waals surface area contributed by atoms with Crippen LogP contribution < -0.4 is 11.1 Å². The topological polar surface area (TPSA) is 55.1 Å². The van der Waals surface area contributed by atoms with Crippen molar-refractivity contribution in [1.29, 1.82) is 0 Å². The van der Waals surface area contributed by atoms with Crippen LogP contribution in [-0.2, 0) is 0 Å². The third kappa shape index (κ3) is 2.41. The molecule has 0 radical (unpaired) electrons. The van der Waals surface area contributed by atoms with Crippen LogP contribution in [0.25, 0.3) is 10.4 Å². The molecule has 2 amide bonds. The summed E-state index contributed by atoms with van der Waals surface area (Å²) in [7, 11) is 0. The van der Waals surface area contributed by atoms with Crippen molar-refractivity contribution in [2.45, 2.75) is 6.92 Å². The van der Waals surface area contributed by atoms with Crippen molar-refractivity contribution in [3.8, 4) is 10.4 Å². The summed E-state index contributed by atoms with van der Waals surface area (Å²) >= 11 is 1.71. The first-order chi connectivity index (χ1) is 7.65. The second kappa shape index (κ2) is 4.37. The van der Waals surface area contributed by atoms with E-state index in [2.05, 4.69) is 23.7 Å². The maximum Gasteiger partial charge on any atom is 0.316 e. The van der Waals surface area contributed by atoms with Crippen molar-refractivity contribution in [2.75, 3.05) is 5.32 Å². The third-order valence-electron chi connectivity index (χ3n) is 2.17. The number of hydrogen-bond donors (Lipinski definition) is 2. The Morgan fingerprint density at radius 1 is 1.31 bits per heavy atom. The maximum absolute atomic E-state index is 10.6. The molecule has 2 rings (SSSR count). The predicted octanol–water partition coefficient (Wildman–Crippen LogP) is 3.21. The Morgan fingerprint density at radius 3 is 2.50 bits per heavy atom. The minimum atomic E-state index is -0.542. The Labute approximate surface area is 97.9 Å². The first kappa shape index (κ1) is 10.7. The Bertz CT molecular complexity index is 502. The molecule has 4 heteroatoms. The number of aryl methyl sites for hydroxylation is 1. The lowest BCUT2D eigenvalue weighted by Gasteiger charge is -2.02. The van der Waals surface area contributed by atoms with E-state index in [9.17, 15) is 4.79 Å². The molecule has 0 aliphatic carbocycles. The van der Waals surface area contributed by atoms with Crippen LogP contribution >= 0.6 is 11.3 Å². The summed E-state index contributed by atoms with van der Waals surface area (Å²) in [5, 5.41) is 4.65. The van der Waals surface area contributed by atoms with E-state index < -0.39 is 6.03 Å². The van der Waals surface area contributed by atoms with Crippen LogP contribution in [0.3, 0.4) is 0 Å². The molecule has 3 N–H and O–H groups in total. The van der Waals surface area contributed by atoms with E-state index in [1.54, 1.807) is 11.3 Å². The lowest BCUT2D eigenvalue weighted by Crippen LogP contribution is -2.19. The SMILES string of the molecule is Cc1csc(-c2ccc(NC(N)=O)cc2)c1. The number of benzene rings is 1. The molecule has 1 aromatic carbocycles. The van der Waals surface area contributed by atoms with E-state index in [-0.39, 0.29) is 0 Å². The molecule has 0 saturated heterocycles. The molecule has 0 atom stereocenters. The molecule has 0 aliphatic heterocycles. The predicted molar refractivity (Wildman–Crippen MR) is 67.7 cm³/mol. The fraction of sp³-hybridized carbons (Fsp3) is 0.0833. The van der Waals surface area contributed by atoms with Crippen molar-refractivity contribution in [3.63, 3.8) is 0 Å². The van der Waals surface area contributed by atoms with Crippen molar-refractivity contribution in [1.82, 2.24) is 0 Å². The van der Waals surface area contributed by atoms with Crippen molar-refractivity contribution < 1.29 is 4.79 Å². The van der Waals surface area contributed by atoms with E-state index in [1.165, 1.54) is 10.4 Å². The minimum absolute atomic E-state index is 0.542. The summed E-state index contributed by atoms with van der Waals surface area (Å²) in [4.78, 5) is 11.9. The zero-order valence-corrected chi connectivity index (χ0v) is 9.67. The van der Waals surface area contributed by atoms with Gasteiger partial charge in [0.15, 0.2) is 0 Å². The number of thiophene rings is 1. The first-order valence-electron chi connectivity index (χ1n) is 4.87. The fourth-order valence-corrected chi connectivity index (χ4v) is 2.35. The van der Waals surface area contributed by atoms with Gasteiger partial charge in [-0.3, -0.25) is 0 Å². The number of anilines is 1. The number of hydrogen-bond acceptors (Lipinski definition) is 2. The van der Waals surface area contributed by atoms with Gasteiger partial charge >= 0.3 is 6.03 Å². The zero-order valence-electron chi connectivity index (χ0n) is 8.86. The van der Waals surface area contributed by atoms with Gasteiger partial charge in [-0.25, -0.2) is 4.79 Å². The molecule has 82 valence electrons. The summed E-state index contributed by atoms with van der Waals surface area (Å²) in [6.45, 7) is 2.07. The summed E-state index contributed by atoms with van der Waals surface area (Å²) in [6, 6.07) is 9.22. The summed E-state index contributed by atoms with van der Waals surface area (Å²) in [6.07, 6.45) is 0. The molecule has 16 heavy (non-hydrogen) atoms. The number of primary amides is 1. The van der Waals surface area contributed by atoms with Gasteiger partial charge in [-0.05, 0) is 41.6 Å². The van der Waals surface area contributed by atoms with Gasteiger partial charge in [0.2, 0.25) is 0 Å². The minimum Gasteiger partial charge on any atom is -0.351 e. The van der Waals surface area contributed by atoms with E-state index in [1.807, 2.05) is 24.3 Å². The lowest BCUT2D eigenvalue weighted by atomic mass is 10.1. The first-order valence-corrected chi connectivity index (χ1v) is 5.75. The molecular weight excluding hydrogens is 220 g/mol. The molecule has 0 unspecified atom stereocenters. The Balaban J connectivity index is 2.22. The van der Waals surface area contributed by atoms with Crippen molar-refractivity contribution >= 4 is 23.1 Å². The normalized spacial score (nSPS) is 10.1. The average molecular weight is 232 g/mol. The highest BCUT2D eigenvalue weighted by Crippen LogP contribution is 2.27. The van der Waals surface area contributed by atoms with Crippen molar-refractivity contribution in [3.05, 3.63) is 41.3 Å². The molecule has 0 fully saturated rings. The molecule has 0 spiro atoms. The zero-order chi connectivity index (χ0) is 11.5. The van der Waals surface area contributed by atoms with E-state index >= 15 is 0 Å². The Morgan fingerprint density at radius 2 is 2.00 bits per heavy atom. The molecule has 1 aromatic heterocycles. The number of urea groups is 1. The van der Waals surface area contributed by atoms with Crippen LogP contribution in [0.15, 0.2) is 35.7 Å². The quantitative estimate of drug-likeness (QED) is 0.820. The van der Waals surface area contributed by atoms with Gasteiger partial charge in [0.05, 0.1) is 0 Å². The van der Waals surface area contributed by atoms with Crippen LogP contribution in [0.1, 0.15) is 5.56 Å². The second-order valence-corrected chi connectivity index (χ2v) is 4.47. The smallest absolute Gasteiger partial charge is 0.316 e. The average Bonchev–Trinajstić information content (AvgIpc) is 2.65. The van der Waals surface area contributed by atoms with Crippen LogP contribution in [0.5, 0.6) is 0 Å². The van der Waals surface area contributed by atoms with Gasteiger partial charge < -0.3 is 11.1 Å². The Kier molecular flexibility index (Phi) is 2.92. The van der Waals surface area contributed by atoms with Crippen molar-refractivity contribution in [2.24, 2.45) is 5.73 Å². The van der Waals surface area contributed by atoms with Gasteiger partial charge in [-0.1, -0.05) is 12.1 Å². The molecule has 1 heterocycles. The molecule has 0 bridgehead atoms. The van der Waals surface area contributed by atoms with Crippen LogP contribution in [0, 0.1) is 6.92 Å². The van der Waals surface area contributed by atoms with Gasteiger partial charge in [0, 0.05) is 10.6 Å². The molecule has 0 saturated carbocycles. The summed E-state index contributed by atoms with van der Waals surface area (Å²) < 4.78 is 0. The Hall–Kier alpha value is -1.81. The van der Waals surface area contributed by atoms with Gasteiger partial charge in [0.25, 0.3) is 0 Å². The largest absolute Gasteiger partial charge is 0.351 e. The molecular formula is C12H12N2OS. The summed E-state index contributed by atoms with van der Waals surface area (Å²) in [5.41, 5.74) is 8.15. The highest BCUT2D eigenvalue weighted by atomic mass is 32.1. The number of carbonyl (C=O) groups excluding carboxylic acids is 1. The van der Waals surface area contributed by atoms with Gasteiger partial charge in [-0.15, -0.1) is 11.3 Å². The van der Waals surface area contributed by atoms with Crippen LogP contribution in [-0.4, -0.2) is 6.03 Å². The highest BCUT2D eigenvalue weighted by molar-refractivity contribution is 7.13. The van der Waals surface area contributed by atoms with Gasteiger partial charge in [0.1, 0.15) is 0 Å². The maximum atomic E-state index is 10.6. The van der Waals surface area contributed by atoms with Crippen LogP contribution in [0.2, 0.25) is 0 Å². The lowest BCUT2D eigenvalue weighted by molar-refractivity contribution is 0.259. The molecule has 2 aromatic rings. The van der Waals surface area contributed by atoms with Crippen LogP contribution in [0.4, 0.5) is 10.5 Å². The highest BCUT2D eigenvalue weighted by Gasteiger charge is 2.01. The molecule has 0 aliphatic rings. The third-order valence-corrected chi connectivity index (χ3v) is 3.26. The number of nitrogens with one attached hydrogen (secondary N) is 1. The second-order valence-electron chi connectivity index (χ2n) is 3.55. The molecule has 3 nitrogen and oxygen atoms in total. The van der Waals surface area contributed by atoms with E-state index in [4.69, 9.17) is 5.73 Å². The standard InChI is InChI=1S/C12H12N2OS/c1-8-6-11(16-7-8)9-2-4-10(5-3-9)14-12(13)15/h2-7H,1H3,(H3,13,14,15). The monoisotopic (exact) mass is 232 g/mol. The van der Waals surface area contributed by atoms with Gasteiger partial charge in [-0.2, -0.15) is 0 Å².